The molecule has 102 valence electrons. The number of cyclic esters (lactones) is 1. The van der Waals surface area contributed by atoms with Gasteiger partial charge in [0.2, 0.25) is 0 Å². The number of halogens is 3. The van der Waals surface area contributed by atoms with E-state index in [1.165, 1.54) is 12.3 Å². The van der Waals surface area contributed by atoms with Gasteiger partial charge in [-0.15, -0.1) is 0 Å². The summed E-state index contributed by atoms with van der Waals surface area (Å²) in [4.78, 5) is 18.4. The lowest BCUT2D eigenvalue weighted by atomic mass is 10.1. The van der Waals surface area contributed by atoms with Crippen molar-refractivity contribution in [1.82, 2.24) is 10.3 Å². The van der Waals surface area contributed by atoms with Crippen LogP contribution in [-0.4, -0.2) is 36.0 Å². The minimum absolute atomic E-state index is 0.00120. The maximum absolute atomic E-state index is 12.9. The summed E-state index contributed by atoms with van der Waals surface area (Å²) in [6, 6.07) is 1.86. The summed E-state index contributed by atoms with van der Waals surface area (Å²) in [5, 5.41) is 2.54. The number of nitrogens with one attached hydrogen (secondary N) is 1. The molecule has 5 nitrogen and oxygen atoms in total. The van der Waals surface area contributed by atoms with E-state index in [-0.39, 0.29) is 18.9 Å². The van der Waals surface area contributed by atoms with Crippen molar-refractivity contribution >= 4 is 23.5 Å². The third-order valence-electron chi connectivity index (χ3n) is 2.43. The molecule has 8 heteroatoms. The molecule has 1 unspecified atom stereocenters. The number of hydrogen-bond donors (Lipinski definition) is 1. The minimum Gasteiger partial charge on any atom is -0.441 e. The Morgan fingerprint density at radius 2 is 2.32 bits per heavy atom. The molecule has 1 amide bonds. The second-order valence-electron chi connectivity index (χ2n) is 3.87. The number of nitrogens with zero attached hydrogens (tertiary/aromatic N) is 2. The van der Waals surface area contributed by atoms with Crippen LogP contribution in [0, 0.1) is 0 Å². The molecule has 1 saturated heterocycles. The van der Waals surface area contributed by atoms with E-state index >= 15 is 0 Å². The first-order chi connectivity index (χ1) is 9.04. The van der Waals surface area contributed by atoms with E-state index in [4.69, 9.17) is 11.6 Å². The van der Waals surface area contributed by atoms with Crippen LogP contribution >= 0.6 is 11.6 Å². The Labute approximate surface area is 112 Å². The number of hydrogen-bond acceptors (Lipinski definition) is 4. The van der Waals surface area contributed by atoms with Crippen molar-refractivity contribution in [2.75, 3.05) is 6.61 Å². The highest BCUT2D eigenvalue weighted by Gasteiger charge is 2.24. The van der Waals surface area contributed by atoms with Gasteiger partial charge in [0, 0.05) is 12.6 Å². The number of amides is 1. The Morgan fingerprint density at radius 3 is 2.84 bits per heavy atom. The van der Waals surface area contributed by atoms with Crippen molar-refractivity contribution in [2.45, 2.75) is 18.9 Å². The Hall–Kier alpha value is -1.76. The average Bonchev–Trinajstić information content (AvgIpc) is 2.76. The number of ether oxygens (including phenoxy) is 1. The molecule has 1 fully saturated rings. The van der Waals surface area contributed by atoms with Crippen LogP contribution in [0.3, 0.4) is 0 Å². The first-order valence-corrected chi connectivity index (χ1v) is 5.81. The molecule has 0 radical (unpaired) electrons. The third-order valence-corrected chi connectivity index (χ3v) is 2.66. The zero-order chi connectivity index (χ0) is 13.8. The number of carbonyl (C=O) groups is 1. The highest BCUT2D eigenvalue weighted by molar-refractivity contribution is 6.29. The highest BCUT2D eigenvalue weighted by atomic mass is 35.5. The zero-order valence-electron chi connectivity index (χ0n) is 9.65. The monoisotopic (exact) mass is 289 g/mol. The van der Waals surface area contributed by atoms with E-state index in [0.29, 0.717) is 10.7 Å². The van der Waals surface area contributed by atoms with Crippen molar-refractivity contribution < 1.29 is 18.3 Å². The van der Waals surface area contributed by atoms with Crippen LogP contribution in [0.25, 0.3) is 0 Å². The molecule has 2 rings (SSSR count). The molecule has 1 aliphatic rings. The Kier molecular flexibility index (Phi) is 4.26. The standard InChI is InChI=1S/C11H10ClF2N3O2/c12-8-2-1-6(4-15-8)3-7(10(13)14)16-9-5-19-11(18)17-9/h1-2,4,7,10H,3,5H2,(H,16,17,18). The fraction of sp³-hybridized carbons (Fsp3) is 0.364. The van der Waals surface area contributed by atoms with E-state index in [2.05, 4.69) is 20.0 Å². The van der Waals surface area contributed by atoms with Crippen LogP contribution in [0.4, 0.5) is 13.6 Å². The molecule has 0 saturated carbocycles. The molecule has 1 aromatic rings. The number of carbonyl (C=O) groups excluding carboxylic acids is 1. The number of alkyl halides is 2. The van der Waals surface area contributed by atoms with Gasteiger partial charge in [0.15, 0.2) is 6.61 Å². The van der Waals surface area contributed by atoms with Gasteiger partial charge in [-0.05, 0) is 11.6 Å². The fourth-order valence-corrected chi connectivity index (χ4v) is 1.67. The molecule has 1 aromatic heterocycles. The first kappa shape index (κ1) is 13.7. The summed E-state index contributed by atoms with van der Waals surface area (Å²) >= 11 is 5.61. The van der Waals surface area contributed by atoms with Gasteiger partial charge >= 0.3 is 6.09 Å². The molecule has 1 aliphatic heterocycles. The van der Waals surface area contributed by atoms with Gasteiger partial charge in [-0.3, -0.25) is 10.3 Å². The maximum atomic E-state index is 12.9. The number of aliphatic imine (C=N–C) groups is 1. The summed E-state index contributed by atoms with van der Waals surface area (Å²) in [6.45, 7) is -0.110. The summed E-state index contributed by atoms with van der Waals surface area (Å²) < 4.78 is 30.4. The van der Waals surface area contributed by atoms with Crippen molar-refractivity contribution in [1.29, 1.82) is 0 Å². The van der Waals surface area contributed by atoms with Crippen LogP contribution in [0.5, 0.6) is 0 Å². The van der Waals surface area contributed by atoms with Crippen molar-refractivity contribution in [3.05, 3.63) is 29.0 Å². The molecule has 1 N–H and O–H groups in total. The fourth-order valence-electron chi connectivity index (χ4n) is 1.55. The zero-order valence-corrected chi connectivity index (χ0v) is 10.4. The number of rotatable bonds is 4. The van der Waals surface area contributed by atoms with Crippen molar-refractivity contribution in [3.8, 4) is 0 Å². The topological polar surface area (TPSA) is 63.6 Å². The Bertz CT molecular complexity index is 493. The number of aromatic nitrogens is 1. The van der Waals surface area contributed by atoms with Crippen LogP contribution < -0.4 is 5.32 Å². The van der Waals surface area contributed by atoms with Gasteiger partial charge in [-0.2, -0.15) is 0 Å². The molecule has 0 aromatic carbocycles. The summed E-state index contributed by atoms with van der Waals surface area (Å²) in [5.74, 6) is 0.109. The lowest BCUT2D eigenvalue weighted by Gasteiger charge is -2.12. The third kappa shape index (κ3) is 3.85. The van der Waals surface area contributed by atoms with Crippen molar-refractivity contribution in [3.63, 3.8) is 0 Å². The quantitative estimate of drug-likeness (QED) is 0.863. The highest BCUT2D eigenvalue weighted by Crippen LogP contribution is 2.14. The smallest absolute Gasteiger partial charge is 0.413 e. The van der Waals surface area contributed by atoms with E-state index < -0.39 is 18.6 Å². The SMILES string of the molecule is O=C1NC(=NC(Cc2ccc(Cl)nc2)C(F)F)CO1. The molecule has 19 heavy (non-hydrogen) atoms. The molecular weight excluding hydrogens is 280 g/mol. The first-order valence-electron chi connectivity index (χ1n) is 5.43. The molecule has 0 bridgehead atoms. The predicted molar refractivity (Wildman–Crippen MR) is 64.7 cm³/mol. The Balaban J connectivity index is 2.08. The van der Waals surface area contributed by atoms with E-state index in [9.17, 15) is 13.6 Å². The van der Waals surface area contributed by atoms with E-state index in [0.717, 1.165) is 0 Å². The lowest BCUT2D eigenvalue weighted by Crippen LogP contribution is -2.26. The second kappa shape index (κ2) is 5.92. The number of pyridine rings is 1. The Morgan fingerprint density at radius 1 is 1.53 bits per heavy atom. The summed E-state index contributed by atoms with van der Waals surface area (Å²) in [5.41, 5.74) is 0.587. The molecule has 0 aliphatic carbocycles. The van der Waals surface area contributed by atoms with E-state index in [1.54, 1.807) is 6.07 Å². The van der Waals surface area contributed by atoms with Crippen LogP contribution in [0.1, 0.15) is 5.56 Å². The van der Waals surface area contributed by atoms with Gasteiger partial charge in [0.05, 0.1) is 0 Å². The molecule has 0 spiro atoms. The van der Waals surface area contributed by atoms with E-state index in [1.807, 2.05) is 0 Å². The molecular formula is C11H10ClF2N3O2. The van der Waals surface area contributed by atoms with Gasteiger partial charge in [-0.25, -0.2) is 18.6 Å². The number of amidine groups is 1. The lowest BCUT2D eigenvalue weighted by molar-refractivity contribution is 0.116. The number of alkyl carbamates (subject to hydrolysis) is 1. The van der Waals surface area contributed by atoms with Crippen LogP contribution in [0.2, 0.25) is 5.15 Å². The van der Waals surface area contributed by atoms with Crippen LogP contribution in [0.15, 0.2) is 23.3 Å². The van der Waals surface area contributed by atoms with Crippen LogP contribution in [-0.2, 0) is 11.2 Å². The van der Waals surface area contributed by atoms with Crippen molar-refractivity contribution in [2.24, 2.45) is 4.99 Å². The van der Waals surface area contributed by atoms with Gasteiger partial charge in [0.1, 0.15) is 17.0 Å². The summed E-state index contributed by atoms with van der Waals surface area (Å²) in [6.07, 6.45) is -1.91. The van der Waals surface area contributed by atoms with Gasteiger partial charge in [-0.1, -0.05) is 17.7 Å². The van der Waals surface area contributed by atoms with Gasteiger partial charge < -0.3 is 4.74 Å². The predicted octanol–water partition coefficient (Wildman–Crippen LogP) is 2.05. The normalized spacial score (nSPS) is 18.5. The maximum Gasteiger partial charge on any atom is 0.413 e. The largest absolute Gasteiger partial charge is 0.441 e. The minimum atomic E-state index is -2.65. The average molecular weight is 290 g/mol. The molecule has 1 atom stereocenters. The summed E-state index contributed by atoms with van der Waals surface area (Å²) in [7, 11) is 0. The van der Waals surface area contributed by atoms with Gasteiger partial charge in [0.25, 0.3) is 6.43 Å². The molecule has 2 heterocycles. The second-order valence-corrected chi connectivity index (χ2v) is 4.26.